The number of rotatable bonds is 9. The van der Waals surface area contributed by atoms with Gasteiger partial charge in [-0.25, -0.2) is 0 Å². The molecule has 2 heterocycles. The van der Waals surface area contributed by atoms with Crippen LogP contribution in [0.4, 0.5) is 0 Å². The lowest BCUT2D eigenvalue weighted by Crippen LogP contribution is -2.42. The van der Waals surface area contributed by atoms with Crippen molar-refractivity contribution in [2.75, 3.05) is 0 Å². The average Bonchev–Trinajstić information content (AvgIpc) is 3.60. The third-order valence-corrected chi connectivity index (χ3v) is 7.44. The number of allylic oxidation sites excluding steroid dienone is 3. The molecule has 9 atom stereocenters. The highest BCUT2D eigenvalue weighted by Crippen LogP contribution is 2.35. The number of carbonyl (C=O) groups excluding carboxylic acids is 3. The minimum absolute atomic E-state index is 0.00536. The quantitative estimate of drug-likeness (QED) is 0.195. The molecule has 214 valence electrons. The first-order valence-corrected chi connectivity index (χ1v) is 13.7. The second-order valence-electron chi connectivity index (χ2n) is 11.2. The van der Waals surface area contributed by atoms with Crippen LogP contribution in [0.5, 0.6) is 0 Å². The van der Waals surface area contributed by atoms with E-state index in [0.29, 0.717) is 6.42 Å². The monoisotopic (exact) mass is 534 g/mol. The van der Waals surface area contributed by atoms with Gasteiger partial charge in [-0.15, -0.1) is 0 Å². The van der Waals surface area contributed by atoms with Crippen LogP contribution in [0.15, 0.2) is 36.0 Å². The first-order valence-electron chi connectivity index (χ1n) is 13.7. The van der Waals surface area contributed by atoms with Crippen LogP contribution in [0.1, 0.15) is 80.6 Å². The van der Waals surface area contributed by atoms with Gasteiger partial charge in [-0.2, -0.15) is 0 Å². The molecule has 2 aliphatic rings. The number of esters is 2. The summed E-state index contributed by atoms with van der Waals surface area (Å²) in [6, 6.07) is 0. The van der Waals surface area contributed by atoms with E-state index >= 15 is 0 Å². The fraction of sp³-hybridized carbons (Fsp3) is 0.700. The highest BCUT2D eigenvalue weighted by Gasteiger charge is 2.45. The molecule has 2 rings (SSSR count). The second kappa shape index (κ2) is 14.2. The van der Waals surface area contributed by atoms with Gasteiger partial charge in [-0.3, -0.25) is 14.4 Å². The van der Waals surface area contributed by atoms with Crippen molar-refractivity contribution in [2.45, 2.75) is 117 Å². The molecule has 0 amide bonds. The van der Waals surface area contributed by atoms with Gasteiger partial charge in [0.2, 0.25) is 0 Å². The van der Waals surface area contributed by atoms with Crippen LogP contribution in [0.2, 0.25) is 0 Å². The van der Waals surface area contributed by atoms with Crippen molar-refractivity contribution in [2.24, 2.45) is 17.8 Å². The van der Waals surface area contributed by atoms with E-state index in [9.17, 15) is 24.6 Å². The van der Waals surface area contributed by atoms with Crippen molar-refractivity contribution < 1.29 is 38.8 Å². The Labute approximate surface area is 227 Å². The number of hydrogen-bond donors (Lipinski definition) is 2. The number of epoxide rings is 1. The maximum atomic E-state index is 12.6. The fourth-order valence-corrected chi connectivity index (χ4v) is 4.86. The van der Waals surface area contributed by atoms with E-state index in [4.69, 9.17) is 14.2 Å². The number of cyclic esters (lactones) is 1. The number of aliphatic hydroxyl groups is 2. The van der Waals surface area contributed by atoms with E-state index < -0.39 is 35.9 Å². The number of ether oxygens (including phenoxy) is 3. The molecule has 0 aromatic carbocycles. The zero-order valence-corrected chi connectivity index (χ0v) is 23.9. The van der Waals surface area contributed by atoms with Crippen LogP contribution >= 0.6 is 0 Å². The molecular weight excluding hydrogens is 488 g/mol. The Bertz CT molecular complexity index is 917. The van der Waals surface area contributed by atoms with Crippen molar-refractivity contribution >= 4 is 17.7 Å². The third kappa shape index (κ3) is 9.79. The zero-order valence-electron chi connectivity index (χ0n) is 23.9. The van der Waals surface area contributed by atoms with Gasteiger partial charge in [0, 0.05) is 25.2 Å². The number of Topliss-reactive ketones (excluding diaryl/α,β-unsaturated/α-hetero) is 1. The third-order valence-electron chi connectivity index (χ3n) is 7.44. The van der Waals surface area contributed by atoms with Crippen LogP contribution in [-0.2, 0) is 28.6 Å². The van der Waals surface area contributed by atoms with Crippen LogP contribution in [0.3, 0.4) is 0 Å². The lowest BCUT2D eigenvalue weighted by molar-refractivity contribution is -0.157. The van der Waals surface area contributed by atoms with E-state index in [2.05, 4.69) is 13.0 Å². The Morgan fingerprint density at radius 1 is 1.26 bits per heavy atom. The van der Waals surface area contributed by atoms with Gasteiger partial charge in [0.15, 0.2) is 0 Å². The summed E-state index contributed by atoms with van der Waals surface area (Å²) in [5.41, 5.74) is -0.596. The maximum absolute atomic E-state index is 12.6. The molecule has 0 bridgehead atoms. The SMILES string of the molecule is CCC(=O)C(C)C1OC1CC(C)/C=C/C=C(\C)C1OC(=O)CC(O)CCC(C)(O)C(OC(C)=O)C=CC1C. The molecule has 0 aromatic rings. The Balaban J connectivity index is 2.13. The molecule has 0 radical (unpaired) electrons. The summed E-state index contributed by atoms with van der Waals surface area (Å²) < 4.78 is 16.9. The number of carbonyl (C=O) groups is 3. The Kier molecular flexibility index (Phi) is 11.9. The summed E-state index contributed by atoms with van der Waals surface area (Å²) in [5, 5.41) is 21.3. The number of aliphatic hydroxyl groups excluding tert-OH is 1. The van der Waals surface area contributed by atoms with Crippen molar-refractivity contribution in [3.63, 3.8) is 0 Å². The lowest BCUT2D eigenvalue weighted by Gasteiger charge is -2.32. The molecule has 1 fully saturated rings. The topological polar surface area (TPSA) is 123 Å². The molecule has 0 spiro atoms. The zero-order chi connectivity index (χ0) is 28.6. The first kappa shape index (κ1) is 31.9. The molecule has 2 aliphatic heterocycles. The lowest BCUT2D eigenvalue weighted by atomic mass is 9.88. The second-order valence-corrected chi connectivity index (χ2v) is 11.2. The predicted molar refractivity (Wildman–Crippen MR) is 144 cm³/mol. The van der Waals surface area contributed by atoms with Gasteiger partial charge < -0.3 is 24.4 Å². The molecular formula is C30H46O8. The Morgan fingerprint density at radius 2 is 1.95 bits per heavy atom. The normalized spacial score (nSPS) is 34.6. The molecule has 9 unspecified atom stereocenters. The van der Waals surface area contributed by atoms with Gasteiger partial charge in [0.25, 0.3) is 0 Å². The predicted octanol–water partition coefficient (Wildman–Crippen LogP) is 4.23. The van der Waals surface area contributed by atoms with E-state index in [-0.39, 0.29) is 55.0 Å². The van der Waals surface area contributed by atoms with E-state index in [0.717, 1.165) is 12.0 Å². The molecule has 1 saturated heterocycles. The van der Waals surface area contributed by atoms with E-state index in [1.807, 2.05) is 39.8 Å². The largest absolute Gasteiger partial charge is 0.457 e. The first-order chi connectivity index (χ1) is 17.7. The highest BCUT2D eigenvalue weighted by molar-refractivity contribution is 5.81. The Morgan fingerprint density at radius 3 is 2.58 bits per heavy atom. The minimum atomic E-state index is -1.41. The molecule has 8 heteroatoms. The molecule has 38 heavy (non-hydrogen) atoms. The van der Waals surface area contributed by atoms with Crippen molar-refractivity contribution in [3.8, 4) is 0 Å². The summed E-state index contributed by atoms with van der Waals surface area (Å²) in [6.45, 7) is 12.5. The number of ketones is 1. The highest BCUT2D eigenvalue weighted by atomic mass is 16.6. The van der Waals surface area contributed by atoms with Crippen molar-refractivity contribution in [1.29, 1.82) is 0 Å². The summed E-state index contributed by atoms with van der Waals surface area (Å²) in [7, 11) is 0. The van der Waals surface area contributed by atoms with E-state index in [1.54, 1.807) is 19.1 Å². The number of hydrogen-bond acceptors (Lipinski definition) is 8. The summed E-state index contributed by atoms with van der Waals surface area (Å²) >= 11 is 0. The van der Waals surface area contributed by atoms with Crippen molar-refractivity contribution in [1.82, 2.24) is 0 Å². The van der Waals surface area contributed by atoms with E-state index in [1.165, 1.54) is 6.92 Å². The molecule has 8 nitrogen and oxygen atoms in total. The Hall–Kier alpha value is -2.29. The fourth-order valence-electron chi connectivity index (χ4n) is 4.86. The van der Waals surface area contributed by atoms with Crippen LogP contribution < -0.4 is 0 Å². The standard InChI is InChI=1S/C30H46O8/c1-8-24(33)21(5)29-25(37-29)16-18(2)10-9-11-19(3)28-20(4)12-13-26(36-22(6)31)30(7,35)15-14-23(32)17-27(34)38-28/h9-13,18,20-21,23,25-26,28-29,32,35H,8,14-17H2,1-7H3/b10-9+,13-12?,19-11+. The van der Waals surface area contributed by atoms with Gasteiger partial charge in [-0.1, -0.05) is 52.0 Å². The van der Waals surface area contributed by atoms with Crippen LogP contribution in [0.25, 0.3) is 0 Å². The molecule has 0 aromatic heterocycles. The van der Waals surface area contributed by atoms with Gasteiger partial charge >= 0.3 is 11.9 Å². The molecule has 2 N–H and O–H groups in total. The molecule has 0 aliphatic carbocycles. The van der Waals surface area contributed by atoms with Gasteiger partial charge in [0.1, 0.15) is 23.6 Å². The van der Waals surface area contributed by atoms with Gasteiger partial charge in [0.05, 0.1) is 24.7 Å². The maximum Gasteiger partial charge on any atom is 0.309 e. The summed E-state index contributed by atoms with van der Waals surface area (Å²) in [4.78, 5) is 36.2. The summed E-state index contributed by atoms with van der Waals surface area (Å²) in [6.07, 6.45) is 8.35. The average molecular weight is 535 g/mol. The minimum Gasteiger partial charge on any atom is -0.457 e. The van der Waals surface area contributed by atoms with Crippen LogP contribution in [0, 0.1) is 17.8 Å². The van der Waals surface area contributed by atoms with Crippen molar-refractivity contribution in [3.05, 3.63) is 36.0 Å². The van der Waals surface area contributed by atoms with Gasteiger partial charge in [-0.05, 0) is 50.7 Å². The van der Waals surface area contributed by atoms with Crippen LogP contribution in [-0.4, -0.2) is 64.1 Å². The smallest absolute Gasteiger partial charge is 0.309 e. The summed E-state index contributed by atoms with van der Waals surface area (Å²) in [5.74, 6) is -0.938. The molecule has 0 saturated carbocycles.